The molecule has 0 radical (unpaired) electrons. The van der Waals surface area contributed by atoms with E-state index < -0.39 is 0 Å². The zero-order chi connectivity index (χ0) is 13.2. The van der Waals surface area contributed by atoms with Gasteiger partial charge in [-0.2, -0.15) is 0 Å². The highest BCUT2D eigenvalue weighted by molar-refractivity contribution is 8.77. The van der Waals surface area contributed by atoms with E-state index in [1.165, 1.54) is 34.5 Å². The Hall–Kier alpha value is 2.10. The lowest BCUT2D eigenvalue weighted by molar-refractivity contribution is 0.765. The first-order valence-corrected chi connectivity index (χ1v) is 13.9. The number of hydrogen-bond donors (Lipinski definition) is 0. The van der Waals surface area contributed by atoms with E-state index >= 15 is 0 Å². The molecular weight excluding hydrogens is 337 g/mol. The van der Waals surface area contributed by atoms with Crippen molar-refractivity contribution in [3.63, 3.8) is 0 Å². The van der Waals surface area contributed by atoms with Crippen LogP contribution in [0.15, 0.2) is 0 Å². The minimum Gasteiger partial charge on any atom is -0.0938 e. The summed E-state index contributed by atoms with van der Waals surface area (Å²) in [5.74, 6) is 10.4. The van der Waals surface area contributed by atoms with E-state index in [0.29, 0.717) is 0 Å². The highest BCUT2D eigenvalue weighted by atomic mass is 33.1. The van der Waals surface area contributed by atoms with Crippen LogP contribution in [0.1, 0.15) is 20.8 Å². The Kier molecular flexibility index (Phi) is 11.8. The molecule has 1 aliphatic rings. The quantitative estimate of drug-likeness (QED) is 0.479. The van der Waals surface area contributed by atoms with E-state index in [0.717, 1.165) is 17.8 Å². The monoisotopic (exact) mass is 360 g/mol. The molecule has 1 aliphatic heterocycles. The topological polar surface area (TPSA) is 0 Å². The molecule has 1 saturated heterocycles. The maximum absolute atomic E-state index is 2.39. The van der Waals surface area contributed by atoms with Crippen LogP contribution < -0.4 is 0 Å². The average Bonchev–Trinajstić information content (AvgIpc) is 2.35. The van der Waals surface area contributed by atoms with E-state index in [1.54, 1.807) is 0 Å². The molecule has 1 heterocycles. The standard InChI is InChI=1S/C12H24S6/c1-10-4-13-15-6-11(2)8-17-18-9-12(3)7-16-14-5-10/h10-12H,4-9H2,1-3H3. The molecule has 0 atom stereocenters. The molecule has 1 fully saturated rings. The van der Waals surface area contributed by atoms with Crippen molar-refractivity contribution in [2.45, 2.75) is 20.8 Å². The zero-order valence-electron chi connectivity index (χ0n) is 11.4. The summed E-state index contributed by atoms with van der Waals surface area (Å²) in [4.78, 5) is 0. The normalized spacial score (nSPS) is 34.5. The molecule has 0 aromatic rings. The predicted molar refractivity (Wildman–Crippen MR) is 102 cm³/mol. The van der Waals surface area contributed by atoms with E-state index in [9.17, 15) is 0 Å². The largest absolute Gasteiger partial charge is 0.0938 e. The fraction of sp³-hybridized carbons (Fsp3) is 1.00. The molecule has 6 heteroatoms. The van der Waals surface area contributed by atoms with Gasteiger partial charge in [0.25, 0.3) is 0 Å². The highest BCUT2D eigenvalue weighted by Gasteiger charge is 2.09. The van der Waals surface area contributed by atoms with Crippen LogP contribution in [-0.2, 0) is 0 Å². The molecule has 0 unspecified atom stereocenters. The molecule has 0 bridgehead atoms. The van der Waals surface area contributed by atoms with Crippen LogP contribution in [0.5, 0.6) is 0 Å². The summed E-state index contributed by atoms with van der Waals surface area (Å²) in [6, 6.07) is 0. The average molecular weight is 361 g/mol. The first kappa shape index (κ1) is 18.1. The van der Waals surface area contributed by atoms with Crippen molar-refractivity contribution in [1.29, 1.82) is 0 Å². The summed E-state index contributed by atoms with van der Waals surface area (Å²) in [6.45, 7) is 7.16. The molecule has 0 amide bonds. The van der Waals surface area contributed by atoms with Crippen LogP contribution in [0.2, 0.25) is 0 Å². The number of rotatable bonds is 0. The van der Waals surface area contributed by atoms with Gasteiger partial charge in [0.1, 0.15) is 0 Å². The van der Waals surface area contributed by atoms with E-state index in [-0.39, 0.29) is 0 Å². The maximum atomic E-state index is 2.39. The third-order valence-corrected chi connectivity index (χ3v) is 11.0. The molecule has 18 heavy (non-hydrogen) atoms. The third-order valence-electron chi connectivity index (χ3n) is 2.37. The second kappa shape index (κ2) is 11.7. The van der Waals surface area contributed by atoms with Gasteiger partial charge in [-0.25, -0.2) is 0 Å². The van der Waals surface area contributed by atoms with E-state index in [1.807, 2.05) is 0 Å². The van der Waals surface area contributed by atoms with Gasteiger partial charge < -0.3 is 0 Å². The first-order valence-electron chi connectivity index (χ1n) is 6.41. The van der Waals surface area contributed by atoms with Gasteiger partial charge in [-0.15, -0.1) is 0 Å². The molecule has 0 N–H and O–H groups in total. The second-order valence-corrected chi connectivity index (χ2v) is 12.7. The Bertz CT molecular complexity index is 150. The van der Waals surface area contributed by atoms with Gasteiger partial charge in [0.2, 0.25) is 0 Å². The van der Waals surface area contributed by atoms with Gasteiger partial charge in [-0.1, -0.05) is 85.5 Å². The van der Waals surface area contributed by atoms with Crippen molar-refractivity contribution < 1.29 is 0 Å². The summed E-state index contributed by atoms with van der Waals surface area (Å²) in [5, 5.41) is 0. The van der Waals surface area contributed by atoms with E-state index in [2.05, 4.69) is 85.5 Å². The van der Waals surface area contributed by atoms with E-state index in [4.69, 9.17) is 0 Å². The Morgan fingerprint density at radius 1 is 0.444 bits per heavy atom. The molecule has 0 aliphatic carbocycles. The Morgan fingerprint density at radius 2 is 0.611 bits per heavy atom. The third kappa shape index (κ3) is 9.92. The summed E-state index contributed by atoms with van der Waals surface area (Å²) < 4.78 is 0. The lowest BCUT2D eigenvalue weighted by atomic mass is 10.3. The van der Waals surface area contributed by atoms with Gasteiger partial charge in [-0.05, 0) is 17.8 Å². The first-order chi connectivity index (χ1) is 8.68. The summed E-state index contributed by atoms with van der Waals surface area (Å²) in [5.41, 5.74) is 0. The van der Waals surface area contributed by atoms with Crippen LogP contribution >= 0.6 is 64.8 Å². The molecule has 1 rings (SSSR count). The van der Waals surface area contributed by atoms with Gasteiger partial charge in [0.15, 0.2) is 0 Å². The minimum absolute atomic E-state index is 0.847. The molecule has 0 spiro atoms. The lowest BCUT2D eigenvalue weighted by Gasteiger charge is -2.11. The SMILES string of the molecule is CC1CSSCC(C)CSSCC(C)CSSC1. The Labute approximate surface area is 137 Å². The summed E-state index contributed by atoms with van der Waals surface area (Å²) in [7, 11) is 12.5. The predicted octanol–water partition coefficient (Wildman–Crippen LogP) is 6.05. The lowest BCUT2D eigenvalue weighted by Crippen LogP contribution is -2.02. The number of hydrogen-bond acceptors (Lipinski definition) is 6. The molecule has 0 aromatic heterocycles. The molecule has 108 valence electrons. The smallest absolute Gasteiger partial charge is 0.00708 e. The van der Waals surface area contributed by atoms with Crippen LogP contribution in [0.3, 0.4) is 0 Å². The van der Waals surface area contributed by atoms with Gasteiger partial charge in [0, 0.05) is 34.5 Å². The second-order valence-electron chi connectivity index (χ2n) is 5.02. The molecular formula is C12H24S6. The van der Waals surface area contributed by atoms with Crippen molar-refractivity contribution >= 4 is 64.8 Å². The minimum atomic E-state index is 0.847. The van der Waals surface area contributed by atoms with Gasteiger partial charge >= 0.3 is 0 Å². The van der Waals surface area contributed by atoms with Crippen molar-refractivity contribution in [1.82, 2.24) is 0 Å². The van der Waals surface area contributed by atoms with Crippen molar-refractivity contribution in [3.8, 4) is 0 Å². The molecule has 0 saturated carbocycles. The Balaban J connectivity index is 2.28. The van der Waals surface area contributed by atoms with Crippen LogP contribution in [0, 0.1) is 17.8 Å². The van der Waals surface area contributed by atoms with Crippen molar-refractivity contribution in [2.75, 3.05) is 34.5 Å². The van der Waals surface area contributed by atoms with Crippen LogP contribution in [0.25, 0.3) is 0 Å². The van der Waals surface area contributed by atoms with Gasteiger partial charge in [-0.3, -0.25) is 0 Å². The maximum Gasteiger partial charge on any atom is 0.00708 e. The van der Waals surface area contributed by atoms with Crippen LogP contribution in [0.4, 0.5) is 0 Å². The fourth-order valence-electron chi connectivity index (χ4n) is 1.13. The van der Waals surface area contributed by atoms with Crippen molar-refractivity contribution in [2.24, 2.45) is 17.8 Å². The Morgan fingerprint density at radius 3 is 0.778 bits per heavy atom. The van der Waals surface area contributed by atoms with Gasteiger partial charge in [0.05, 0.1) is 0 Å². The van der Waals surface area contributed by atoms with Crippen LogP contribution in [-0.4, -0.2) is 34.5 Å². The fourth-order valence-corrected chi connectivity index (χ4v) is 10.2. The zero-order valence-corrected chi connectivity index (χ0v) is 16.3. The molecule has 0 aromatic carbocycles. The highest BCUT2D eigenvalue weighted by Crippen LogP contribution is 2.34. The van der Waals surface area contributed by atoms with Crippen molar-refractivity contribution in [3.05, 3.63) is 0 Å². The summed E-state index contributed by atoms with van der Waals surface area (Å²) >= 11 is 0. The molecule has 0 nitrogen and oxygen atoms in total. The summed E-state index contributed by atoms with van der Waals surface area (Å²) in [6.07, 6.45) is 0.